The van der Waals surface area contributed by atoms with Gasteiger partial charge in [0.2, 0.25) is 0 Å². The van der Waals surface area contributed by atoms with Gasteiger partial charge in [0.25, 0.3) is 0 Å². The van der Waals surface area contributed by atoms with Crippen LogP contribution in [0.1, 0.15) is 44.2 Å². The second kappa shape index (κ2) is 6.38. The van der Waals surface area contributed by atoms with E-state index in [0.717, 1.165) is 18.8 Å². The highest BCUT2D eigenvalue weighted by Gasteiger charge is 2.22. The van der Waals surface area contributed by atoms with Crippen LogP contribution in [-0.2, 0) is 6.42 Å². The summed E-state index contributed by atoms with van der Waals surface area (Å²) in [5.41, 5.74) is 4.05. The molecule has 0 amide bonds. The molecule has 1 unspecified atom stereocenters. The Kier molecular flexibility index (Phi) is 4.81. The van der Waals surface area contributed by atoms with Crippen LogP contribution in [0.4, 0.5) is 0 Å². The molecule has 1 aromatic carbocycles. The van der Waals surface area contributed by atoms with E-state index in [-0.39, 0.29) is 0 Å². The molecule has 0 aromatic heterocycles. The summed E-state index contributed by atoms with van der Waals surface area (Å²) in [7, 11) is 0. The summed E-state index contributed by atoms with van der Waals surface area (Å²) in [5.74, 6) is 1.64. The van der Waals surface area contributed by atoms with Crippen LogP contribution in [0.5, 0.6) is 5.75 Å². The van der Waals surface area contributed by atoms with E-state index in [4.69, 9.17) is 4.74 Å². The molecule has 2 aliphatic rings. The molecule has 0 spiro atoms. The van der Waals surface area contributed by atoms with Gasteiger partial charge >= 0.3 is 0 Å². The number of benzene rings is 1. The van der Waals surface area contributed by atoms with Gasteiger partial charge in [0, 0.05) is 12.1 Å². The Morgan fingerprint density at radius 1 is 1.32 bits per heavy atom. The fraction of sp³-hybridized carbons (Fsp3) is 0.500. The highest BCUT2D eigenvalue weighted by Crippen LogP contribution is 2.38. The van der Waals surface area contributed by atoms with Crippen LogP contribution in [0.15, 0.2) is 29.3 Å². The summed E-state index contributed by atoms with van der Waals surface area (Å²) < 4.78 is 5.54. The zero-order valence-corrected chi connectivity index (χ0v) is 13.0. The first kappa shape index (κ1) is 14.3. The van der Waals surface area contributed by atoms with Crippen LogP contribution < -0.4 is 10.1 Å². The molecule has 1 aromatic rings. The van der Waals surface area contributed by atoms with Crippen molar-refractivity contribution in [1.29, 1.82) is 0 Å². The Labute approximate surface area is 120 Å². The lowest BCUT2D eigenvalue weighted by Crippen LogP contribution is -2.16. The van der Waals surface area contributed by atoms with Crippen molar-refractivity contribution in [3.05, 3.63) is 40.4 Å². The molecule has 0 radical (unpaired) electrons. The highest BCUT2D eigenvalue weighted by atomic mass is 32.2. The Balaban J connectivity index is 0.000000637. The van der Waals surface area contributed by atoms with Crippen molar-refractivity contribution < 1.29 is 4.74 Å². The molecular formula is C16H23NOS. The molecule has 0 saturated carbocycles. The van der Waals surface area contributed by atoms with Gasteiger partial charge in [0.15, 0.2) is 0 Å². The van der Waals surface area contributed by atoms with Crippen molar-refractivity contribution in [2.75, 3.05) is 6.61 Å². The van der Waals surface area contributed by atoms with E-state index in [1.807, 2.05) is 25.6 Å². The van der Waals surface area contributed by atoms with Gasteiger partial charge in [-0.1, -0.05) is 33.8 Å². The van der Waals surface area contributed by atoms with E-state index >= 15 is 0 Å². The SMILES string of the molecule is CC.CC(C)C1=CSC(c2ccc3c(c2)CCO3)N1. The quantitative estimate of drug-likeness (QED) is 0.861. The first-order valence-electron chi connectivity index (χ1n) is 7.12. The maximum absolute atomic E-state index is 5.54. The van der Waals surface area contributed by atoms with Crippen molar-refractivity contribution in [3.63, 3.8) is 0 Å². The predicted octanol–water partition coefficient (Wildman–Crippen LogP) is 4.48. The smallest absolute Gasteiger partial charge is 0.122 e. The van der Waals surface area contributed by atoms with Crippen molar-refractivity contribution in [2.45, 2.75) is 39.5 Å². The lowest BCUT2D eigenvalue weighted by atomic mass is 10.1. The largest absolute Gasteiger partial charge is 0.493 e. The molecule has 0 bridgehead atoms. The number of ether oxygens (including phenoxy) is 1. The van der Waals surface area contributed by atoms with E-state index in [0.29, 0.717) is 11.3 Å². The van der Waals surface area contributed by atoms with Crippen molar-refractivity contribution in [3.8, 4) is 5.75 Å². The van der Waals surface area contributed by atoms with Crippen LogP contribution in [0.25, 0.3) is 0 Å². The molecular weight excluding hydrogens is 254 g/mol. The molecule has 0 fully saturated rings. The third kappa shape index (κ3) is 3.08. The monoisotopic (exact) mass is 277 g/mol. The predicted molar refractivity (Wildman–Crippen MR) is 83.4 cm³/mol. The van der Waals surface area contributed by atoms with Gasteiger partial charge in [0.1, 0.15) is 11.1 Å². The molecule has 1 atom stereocenters. The Morgan fingerprint density at radius 2 is 2.11 bits per heavy atom. The minimum absolute atomic E-state index is 0.373. The third-order valence-electron chi connectivity index (χ3n) is 3.27. The second-order valence-corrected chi connectivity index (χ2v) is 5.83. The first-order valence-corrected chi connectivity index (χ1v) is 8.06. The standard InChI is InChI=1S/C14H17NOS.C2H6/c1-9(2)12-8-17-14(15-12)11-3-4-13-10(7-11)5-6-16-13;1-2/h3-4,7-9,14-15H,5-6H2,1-2H3;1-2H3. The summed E-state index contributed by atoms with van der Waals surface area (Å²) in [6.45, 7) is 9.27. The normalized spacial score (nSPS) is 20.1. The molecule has 2 heterocycles. The number of rotatable bonds is 2. The average molecular weight is 277 g/mol. The van der Waals surface area contributed by atoms with Crippen molar-refractivity contribution in [2.24, 2.45) is 5.92 Å². The molecule has 2 aliphatic heterocycles. The summed E-state index contributed by atoms with van der Waals surface area (Å²) >= 11 is 1.86. The number of fused-ring (bicyclic) bond motifs is 1. The Hall–Kier alpha value is -1.09. The number of hydrogen-bond acceptors (Lipinski definition) is 3. The topological polar surface area (TPSA) is 21.3 Å². The second-order valence-electron chi connectivity index (χ2n) is 4.85. The van der Waals surface area contributed by atoms with Crippen LogP contribution >= 0.6 is 11.8 Å². The van der Waals surface area contributed by atoms with E-state index in [9.17, 15) is 0 Å². The Bertz CT molecular complexity index is 468. The first-order chi connectivity index (χ1) is 9.24. The molecule has 2 nitrogen and oxygen atoms in total. The average Bonchev–Trinajstić information content (AvgIpc) is 3.09. The molecule has 19 heavy (non-hydrogen) atoms. The highest BCUT2D eigenvalue weighted by molar-refractivity contribution is 8.02. The van der Waals surface area contributed by atoms with Crippen LogP contribution in [0.2, 0.25) is 0 Å². The van der Waals surface area contributed by atoms with Crippen molar-refractivity contribution in [1.82, 2.24) is 5.32 Å². The van der Waals surface area contributed by atoms with Gasteiger partial charge in [-0.05, 0) is 34.6 Å². The number of thioether (sulfide) groups is 1. The number of nitrogens with one attached hydrogen (secondary N) is 1. The van der Waals surface area contributed by atoms with E-state index < -0.39 is 0 Å². The lowest BCUT2D eigenvalue weighted by Gasteiger charge is -2.15. The zero-order chi connectivity index (χ0) is 13.8. The van der Waals surface area contributed by atoms with Crippen LogP contribution in [0, 0.1) is 5.92 Å². The summed E-state index contributed by atoms with van der Waals surface area (Å²) in [6, 6.07) is 6.56. The summed E-state index contributed by atoms with van der Waals surface area (Å²) in [4.78, 5) is 0. The van der Waals surface area contributed by atoms with E-state index in [1.165, 1.54) is 16.8 Å². The van der Waals surface area contributed by atoms with Gasteiger partial charge < -0.3 is 10.1 Å². The van der Waals surface area contributed by atoms with E-state index in [1.54, 1.807) is 0 Å². The fourth-order valence-corrected chi connectivity index (χ4v) is 3.33. The Morgan fingerprint density at radius 3 is 2.79 bits per heavy atom. The molecule has 104 valence electrons. The minimum atomic E-state index is 0.373. The number of allylic oxidation sites excluding steroid dienone is 1. The molecule has 3 rings (SSSR count). The molecule has 1 N–H and O–H groups in total. The van der Waals surface area contributed by atoms with Crippen molar-refractivity contribution >= 4 is 11.8 Å². The molecule has 3 heteroatoms. The fourth-order valence-electron chi connectivity index (χ4n) is 2.19. The number of hydrogen-bond donors (Lipinski definition) is 1. The molecule has 0 aliphatic carbocycles. The van der Waals surface area contributed by atoms with Gasteiger partial charge in [-0.25, -0.2) is 0 Å². The van der Waals surface area contributed by atoms with Gasteiger partial charge in [-0.3, -0.25) is 0 Å². The lowest BCUT2D eigenvalue weighted by molar-refractivity contribution is 0.357. The maximum Gasteiger partial charge on any atom is 0.122 e. The molecule has 0 saturated heterocycles. The minimum Gasteiger partial charge on any atom is -0.493 e. The summed E-state index contributed by atoms with van der Waals surface area (Å²) in [5, 5.41) is 6.20. The van der Waals surface area contributed by atoms with Gasteiger partial charge in [-0.15, -0.1) is 11.8 Å². The zero-order valence-electron chi connectivity index (χ0n) is 12.2. The van der Waals surface area contributed by atoms with E-state index in [2.05, 4.69) is 42.8 Å². The van der Waals surface area contributed by atoms with Crippen LogP contribution in [-0.4, -0.2) is 6.61 Å². The third-order valence-corrected chi connectivity index (χ3v) is 4.32. The van der Waals surface area contributed by atoms with Gasteiger partial charge in [0.05, 0.1) is 6.61 Å². The van der Waals surface area contributed by atoms with Crippen LogP contribution in [0.3, 0.4) is 0 Å². The summed E-state index contributed by atoms with van der Waals surface area (Å²) in [6.07, 6.45) is 1.05. The van der Waals surface area contributed by atoms with Gasteiger partial charge in [-0.2, -0.15) is 0 Å². The maximum atomic E-state index is 5.54.